The van der Waals surface area contributed by atoms with Crippen LogP contribution in [0.5, 0.6) is 5.75 Å². The van der Waals surface area contributed by atoms with E-state index in [0.717, 1.165) is 39.0 Å². The number of fused-ring (bicyclic) bond motifs is 1. The molecule has 4 aromatic carbocycles. The van der Waals surface area contributed by atoms with E-state index in [-0.39, 0.29) is 11.2 Å². The van der Waals surface area contributed by atoms with Crippen LogP contribution in [0.15, 0.2) is 102 Å². The van der Waals surface area contributed by atoms with E-state index in [1.165, 1.54) is 16.7 Å². The van der Waals surface area contributed by atoms with Crippen molar-refractivity contribution in [1.82, 2.24) is 9.97 Å². The number of hydrogen-bond donors (Lipinski definition) is 1. The van der Waals surface area contributed by atoms with Crippen LogP contribution in [-0.4, -0.2) is 15.1 Å². The number of phenols is 1. The molecule has 0 fully saturated rings. The summed E-state index contributed by atoms with van der Waals surface area (Å²) < 4.78 is 6.28. The first kappa shape index (κ1) is 29.4. The third kappa shape index (κ3) is 5.77. The zero-order valence-corrected chi connectivity index (χ0v) is 26.6. The molecule has 222 valence electrons. The van der Waals surface area contributed by atoms with Crippen molar-refractivity contribution in [2.45, 2.75) is 65.7 Å². The first-order valence-electron chi connectivity index (χ1n) is 15.4. The molecule has 2 heterocycles. The smallest absolute Gasteiger partial charge is 0.231 e. The predicted octanol–water partition coefficient (Wildman–Crippen LogP) is 11.1. The van der Waals surface area contributed by atoms with Gasteiger partial charge in [0.05, 0.1) is 11.3 Å². The van der Waals surface area contributed by atoms with Crippen LogP contribution in [0.1, 0.15) is 77.0 Å². The third-order valence-electron chi connectivity index (χ3n) is 8.37. The quantitative estimate of drug-likeness (QED) is 0.213. The average molecular weight is 581 g/mol. The molecule has 0 saturated carbocycles. The fourth-order valence-corrected chi connectivity index (χ4v) is 5.58. The van der Waals surface area contributed by atoms with Gasteiger partial charge in [0.2, 0.25) is 5.89 Å². The molecular weight excluding hydrogens is 540 g/mol. The van der Waals surface area contributed by atoms with E-state index < -0.39 is 0 Å². The molecule has 4 nitrogen and oxygen atoms in total. The summed E-state index contributed by atoms with van der Waals surface area (Å²) in [6.07, 6.45) is 1.91. The third-order valence-corrected chi connectivity index (χ3v) is 8.37. The molecule has 0 spiro atoms. The van der Waals surface area contributed by atoms with Crippen LogP contribution in [0, 0.1) is 0 Å². The minimum absolute atomic E-state index is 0.0996. The summed E-state index contributed by atoms with van der Waals surface area (Å²) >= 11 is 0. The normalized spacial score (nSPS) is 12.0. The Hall–Kier alpha value is -4.70. The van der Waals surface area contributed by atoms with E-state index in [0.29, 0.717) is 28.9 Å². The predicted molar refractivity (Wildman–Crippen MR) is 182 cm³/mol. The fraction of sp³-hybridized carbons (Fsp3) is 0.250. The van der Waals surface area contributed by atoms with Crippen LogP contribution in [0.2, 0.25) is 0 Å². The Labute approximate surface area is 260 Å². The van der Waals surface area contributed by atoms with E-state index in [1.807, 2.05) is 18.3 Å². The van der Waals surface area contributed by atoms with Crippen LogP contribution < -0.4 is 0 Å². The van der Waals surface area contributed by atoms with Gasteiger partial charge in [0.25, 0.3) is 0 Å². The number of oxazole rings is 1. The standard InChI is InChI=1S/C40H40N2O2/c1-24(2)29-18-30(25(3)4)20-31(19-29)26-15-16-41-35(21-26)28-12-10-11-27(17-28)34-22-32(40(5,6)7)23-37-38(34)42-39(44-37)33-13-8-9-14-36(33)43/h8-25,43H,1-7H3. The lowest BCUT2D eigenvalue weighted by Gasteiger charge is -2.20. The van der Waals surface area contributed by atoms with Gasteiger partial charge in [-0.25, -0.2) is 4.98 Å². The van der Waals surface area contributed by atoms with Crippen molar-refractivity contribution in [2.24, 2.45) is 0 Å². The molecule has 0 saturated heterocycles. The molecule has 0 aliphatic heterocycles. The maximum Gasteiger partial charge on any atom is 0.231 e. The number of aromatic nitrogens is 2. The van der Waals surface area contributed by atoms with Crippen LogP contribution in [-0.2, 0) is 5.41 Å². The molecule has 1 N–H and O–H groups in total. The van der Waals surface area contributed by atoms with Crippen molar-refractivity contribution in [1.29, 1.82) is 0 Å². The van der Waals surface area contributed by atoms with Crippen molar-refractivity contribution in [3.05, 3.63) is 114 Å². The molecule has 6 rings (SSSR count). The van der Waals surface area contributed by atoms with Crippen LogP contribution in [0.25, 0.3) is 56.1 Å². The summed E-state index contributed by atoms with van der Waals surface area (Å²) in [5.74, 6) is 1.45. The Morgan fingerprint density at radius 1 is 0.659 bits per heavy atom. The first-order chi connectivity index (χ1) is 21.0. The second-order valence-corrected chi connectivity index (χ2v) is 13.4. The number of para-hydroxylation sites is 1. The average Bonchev–Trinajstić information content (AvgIpc) is 3.44. The van der Waals surface area contributed by atoms with Gasteiger partial charge in [0.1, 0.15) is 11.3 Å². The number of phenolic OH excluding ortho intramolecular Hbond substituents is 1. The number of pyridine rings is 1. The topological polar surface area (TPSA) is 59.2 Å². The van der Waals surface area contributed by atoms with Crippen molar-refractivity contribution in [3.8, 4) is 50.7 Å². The number of nitrogens with zero attached hydrogens (tertiary/aromatic N) is 2. The lowest BCUT2D eigenvalue weighted by Crippen LogP contribution is -2.11. The Kier molecular flexibility index (Phi) is 7.63. The number of rotatable bonds is 6. The summed E-state index contributed by atoms with van der Waals surface area (Å²) in [7, 11) is 0. The molecule has 44 heavy (non-hydrogen) atoms. The summed E-state index contributed by atoms with van der Waals surface area (Å²) in [5.41, 5.74) is 12.1. The van der Waals surface area contributed by atoms with Gasteiger partial charge >= 0.3 is 0 Å². The van der Waals surface area contributed by atoms with Crippen molar-refractivity contribution < 1.29 is 9.52 Å². The molecule has 0 aliphatic carbocycles. The highest BCUT2D eigenvalue weighted by molar-refractivity contribution is 5.94. The Morgan fingerprint density at radius 3 is 2.05 bits per heavy atom. The summed E-state index contributed by atoms with van der Waals surface area (Å²) in [4.78, 5) is 9.70. The molecule has 0 bridgehead atoms. The van der Waals surface area contributed by atoms with E-state index in [2.05, 4.69) is 115 Å². The second kappa shape index (κ2) is 11.4. The summed E-state index contributed by atoms with van der Waals surface area (Å²) in [6.45, 7) is 15.6. The van der Waals surface area contributed by atoms with E-state index in [4.69, 9.17) is 14.4 Å². The highest BCUT2D eigenvalue weighted by Gasteiger charge is 2.22. The zero-order chi connectivity index (χ0) is 31.2. The second-order valence-electron chi connectivity index (χ2n) is 13.4. The van der Waals surface area contributed by atoms with Gasteiger partial charge < -0.3 is 9.52 Å². The van der Waals surface area contributed by atoms with Crippen molar-refractivity contribution in [2.75, 3.05) is 0 Å². The molecule has 0 radical (unpaired) electrons. The lowest BCUT2D eigenvalue weighted by atomic mass is 9.85. The maximum absolute atomic E-state index is 10.5. The van der Waals surface area contributed by atoms with Gasteiger partial charge in [-0.1, -0.05) is 97.0 Å². The van der Waals surface area contributed by atoms with Crippen LogP contribution >= 0.6 is 0 Å². The van der Waals surface area contributed by atoms with Crippen LogP contribution in [0.3, 0.4) is 0 Å². The van der Waals surface area contributed by atoms with Crippen molar-refractivity contribution >= 4 is 11.1 Å². The number of hydrogen-bond acceptors (Lipinski definition) is 4. The Morgan fingerprint density at radius 2 is 1.36 bits per heavy atom. The molecule has 0 aliphatic rings. The first-order valence-corrected chi connectivity index (χ1v) is 15.4. The molecule has 4 heteroatoms. The zero-order valence-electron chi connectivity index (χ0n) is 26.6. The molecule has 0 atom stereocenters. The maximum atomic E-state index is 10.5. The van der Waals surface area contributed by atoms with Gasteiger partial charge in [-0.3, -0.25) is 4.98 Å². The molecular formula is C40H40N2O2. The number of benzene rings is 4. The van der Waals surface area contributed by atoms with Crippen molar-refractivity contribution in [3.63, 3.8) is 0 Å². The number of aromatic hydroxyl groups is 1. The molecule has 6 aromatic rings. The minimum atomic E-state index is -0.0996. The fourth-order valence-electron chi connectivity index (χ4n) is 5.58. The summed E-state index contributed by atoms with van der Waals surface area (Å²) in [5, 5.41) is 10.5. The van der Waals surface area contributed by atoms with E-state index in [1.54, 1.807) is 12.1 Å². The highest BCUT2D eigenvalue weighted by Crippen LogP contribution is 2.39. The SMILES string of the molecule is CC(C)c1cc(-c2ccnc(-c3cccc(-c4cc(C(C)(C)C)cc5oc(-c6ccccc6O)nc45)c3)c2)cc(C(C)C)c1. The largest absolute Gasteiger partial charge is 0.507 e. The van der Waals surface area contributed by atoms with Gasteiger partial charge in [-0.15, -0.1) is 0 Å². The minimum Gasteiger partial charge on any atom is -0.507 e. The lowest BCUT2D eigenvalue weighted by molar-refractivity contribution is 0.474. The van der Waals surface area contributed by atoms with Gasteiger partial charge in [-0.2, -0.15) is 0 Å². The van der Waals surface area contributed by atoms with Gasteiger partial charge in [-0.05, 0) is 93.1 Å². The van der Waals surface area contributed by atoms with Crippen LogP contribution in [0.4, 0.5) is 0 Å². The highest BCUT2D eigenvalue weighted by atomic mass is 16.3. The summed E-state index contributed by atoms with van der Waals surface area (Å²) in [6, 6.07) is 31.2. The Bertz CT molecular complexity index is 1950. The van der Waals surface area contributed by atoms with E-state index in [9.17, 15) is 5.11 Å². The molecule has 0 amide bonds. The monoisotopic (exact) mass is 580 g/mol. The van der Waals surface area contributed by atoms with Gasteiger partial charge in [0, 0.05) is 17.3 Å². The van der Waals surface area contributed by atoms with E-state index >= 15 is 0 Å². The van der Waals surface area contributed by atoms with Gasteiger partial charge in [0.15, 0.2) is 5.58 Å². The molecule has 2 aromatic heterocycles. The molecule has 0 unspecified atom stereocenters. The Balaban J connectivity index is 1.47.